The van der Waals surface area contributed by atoms with E-state index in [4.69, 9.17) is 21.1 Å². The Morgan fingerprint density at radius 2 is 1.64 bits per heavy atom. The summed E-state index contributed by atoms with van der Waals surface area (Å²) < 4.78 is 10.5. The Kier molecular flexibility index (Phi) is 3.98. The number of methoxy groups -OCH3 is 2. The fraction of sp³-hybridized carbons (Fsp3) is 0.125. The van der Waals surface area contributed by atoms with Gasteiger partial charge in [0.15, 0.2) is 22.5 Å². The monoisotopic (exact) mass is 315 g/mol. The second kappa shape index (κ2) is 6.07. The zero-order chi connectivity index (χ0) is 15.5. The van der Waals surface area contributed by atoms with Crippen molar-refractivity contribution in [1.82, 2.24) is 10.2 Å². The lowest BCUT2D eigenvalue weighted by Gasteiger charge is -2.12. The fourth-order valence-corrected chi connectivity index (χ4v) is 2.42. The molecule has 0 saturated heterocycles. The summed E-state index contributed by atoms with van der Waals surface area (Å²) in [6.07, 6.45) is 0. The highest BCUT2D eigenvalue weighted by Crippen LogP contribution is 2.32. The largest absolute Gasteiger partial charge is 0.493 e. The molecule has 0 spiro atoms. The van der Waals surface area contributed by atoms with Gasteiger partial charge in [0.05, 0.1) is 14.2 Å². The van der Waals surface area contributed by atoms with Crippen molar-refractivity contribution in [2.45, 2.75) is 0 Å². The number of nitrogens with one attached hydrogen (secondary N) is 1. The molecule has 0 aliphatic rings. The van der Waals surface area contributed by atoms with E-state index in [1.54, 1.807) is 14.2 Å². The smallest absolute Gasteiger partial charge is 0.162 e. The van der Waals surface area contributed by atoms with E-state index in [0.29, 0.717) is 22.5 Å². The van der Waals surface area contributed by atoms with Crippen molar-refractivity contribution in [1.29, 1.82) is 0 Å². The van der Waals surface area contributed by atoms with Crippen LogP contribution in [0.5, 0.6) is 11.5 Å². The van der Waals surface area contributed by atoms with E-state index in [1.165, 1.54) is 0 Å². The first kappa shape index (κ1) is 14.4. The van der Waals surface area contributed by atoms with Gasteiger partial charge in [0, 0.05) is 22.5 Å². The predicted octanol–water partition coefficient (Wildman–Crippen LogP) is 4.04. The Labute approximate surface area is 132 Å². The molecule has 1 N–H and O–H groups in total. The minimum absolute atomic E-state index is 0.383. The molecule has 0 radical (unpaired) electrons. The highest BCUT2D eigenvalue weighted by Gasteiger charge is 2.09. The van der Waals surface area contributed by atoms with E-state index >= 15 is 0 Å². The van der Waals surface area contributed by atoms with Gasteiger partial charge in [-0.05, 0) is 12.1 Å². The molecule has 0 bridgehead atoms. The van der Waals surface area contributed by atoms with Crippen LogP contribution in [0.2, 0.25) is 5.15 Å². The van der Waals surface area contributed by atoms with Gasteiger partial charge in [-0.25, -0.2) is 0 Å². The summed E-state index contributed by atoms with van der Waals surface area (Å²) in [7, 11) is 3.20. The lowest BCUT2D eigenvalue weighted by molar-refractivity contribution is 0.355. The van der Waals surface area contributed by atoms with E-state index in [9.17, 15) is 0 Å². The highest BCUT2D eigenvalue weighted by molar-refractivity contribution is 6.34. The van der Waals surface area contributed by atoms with Gasteiger partial charge in [-0.15, -0.1) is 10.2 Å². The van der Waals surface area contributed by atoms with E-state index < -0.39 is 0 Å². The quantitative estimate of drug-likeness (QED) is 0.787. The molecule has 0 saturated carbocycles. The number of fused-ring (bicyclic) bond motifs is 1. The van der Waals surface area contributed by atoms with Gasteiger partial charge in [0.25, 0.3) is 0 Å². The number of hydrogen-bond acceptors (Lipinski definition) is 5. The topological polar surface area (TPSA) is 56.3 Å². The Hall–Kier alpha value is -2.53. The predicted molar refractivity (Wildman–Crippen MR) is 87.4 cm³/mol. The minimum atomic E-state index is 0.383. The summed E-state index contributed by atoms with van der Waals surface area (Å²) in [5, 5.41) is 13.5. The number of nitrogens with zero attached hydrogens (tertiary/aromatic N) is 2. The first-order valence-electron chi connectivity index (χ1n) is 6.63. The maximum Gasteiger partial charge on any atom is 0.162 e. The van der Waals surface area contributed by atoms with Crippen molar-refractivity contribution in [3.63, 3.8) is 0 Å². The van der Waals surface area contributed by atoms with Gasteiger partial charge in [-0.1, -0.05) is 35.9 Å². The fourth-order valence-electron chi connectivity index (χ4n) is 2.21. The maximum atomic E-state index is 6.08. The van der Waals surface area contributed by atoms with Gasteiger partial charge in [-0.2, -0.15) is 0 Å². The average Bonchev–Trinajstić information content (AvgIpc) is 2.57. The van der Waals surface area contributed by atoms with Crippen LogP contribution < -0.4 is 14.8 Å². The van der Waals surface area contributed by atoms with Crippen molar-refractivity contribution in [3.05, 3.63) is 47.6 Å². The Morgan fingerprint density at radius 1 is 0.909 bits per heavy atom. The highest BCUT2D eigenvalue weighted by atomic mass is 35.5. The number of benzene rings is 2. The summed E-state index contributed by atoms with van der Waals surface area (Å²) >= 11 is 6.08. The Bertz CT molecular complexity index is 824. The zero-order valence-electron chi connectivity index (χ0n) is 12.1. The van der Waals surface area contributed by atoms with E-state index in [0.717, 1.165) is 16.5 Å². The number of ether oxygens (including phenoxy) is 2. The van der Waals surface area contributed by atoms with Crippen LogP contribution in [0, 0.1) is 0 Å². The summed E-state index contributed by atoms with van der Waals surface area (Å²) in [5.74, 6) is 1.94. The molecule has 0 atom stereocenters. The van der Waals surface area contributed by atoms with Crippen LogP contribution in [0.1, 0.15) is 0 Å². The second-order valence-corrected chi connectivity index (χ2v) is 4.94. The molecule has 0 unspecified atom stereocenters. The summed E-state index contributed by atoms with van der Waals surface area (Å²) in [4.78, 5) is 0. The first-order valence-corrected chi connectivity index (χ1v) is 7.00. The standard InChI is InChI=1S/C16H14ClN3O2/c1-21-13-8-7-10(9-14(13)22-2)18-16-12-6-4-3-5-11(12)15(17)19-20-16/h3-9H,1-2H3,(H,18,20). The number of aromatic nitrogens is 2. The third-order valence-corrected chi connectivity index (χ3v) is 3.57. The second-order valence-electron chi connectivity index (χ2n) is 4.58. The van der Waals surface area contributed by atoms with Gasteiger partial charge in [-0.3, -0.25) is 0 Å². The van der Waals surface area contributed by atoms with Crippen molar-refractivity contribution in [3.8, 4) is 11.5 Å². The molecule has 0 aliphatic heterocycles. The van der Waals surface area contributed by atoms with Gasteiger partial charge < -0.3 is 14.8 Å². The zero-order valence-corrected chi connectivity index (χ0v) is 12.9. The molecule has 3 rings (SSSR count). The van der Waals surface area contributed by atoms with Crippen LogP contribution in [-0.2, 0) is 0 Å². The maximum absolute atomic E-state index is 6.08. The molecule has 1 heterocycles. The molecule has 0 aliphatic carbocycles. The molecule has 1 aromatic heterocycles. The van der Waals surface area contributed by atoms with Crippen molar-refractivity contribution < 1.29 is 9.47 Å². The minimum Gasteiger partial charge on any atom is -0.493 e. The van der Waals surface area contributed by atoms with Crippen LogP contribution in [0.25, 0.3) is 10.8 Å². The summed E-state index contributed by atoms with van der Waals surface area (Å²) in [5.41, 5.74) is 0.819. The molecule has 0 fully saturated rings. The molecular formula is C16H14ClN3O2. The normalized spacial score (nSPS) is 10.5. The van der Waals surface area contributed by atoms with E-state index in [-0.39, 0.29) is 0 Å². The van der Waals surface area contributed by atoms with Crippen LogP contribution in [0.4, 0.5) is 11.5 Å². The van der Waals surface area contributed by atoms with E-state index in [2.05, 4.69) is 15.5 Å². The Balaban J connectivity index is 2.02. The summed E-state index contributed by atoms with van der Waals surface area (Å²) in [6.45, 7) is 0. The molecule has 2 aromatic carbocycles. The Morgan fingerprint density at radius 3 is 2.36 bits per heavy atom. The molecule has 112 valence electrons. The third-order valence-electron chi connectivity index (χ3n) is 3.29. The van der Waals surface area contributed by atoms with Crippen molar-refractivity contribution >= 4 is 33.9 Å². The van der Waals surface area contributed by atoms with Crippen LogP contribution in [0.3, 0.4) is 0 Å². The summed E-state index contributed by atoms with van der Waals surface area (Å²) in [6, 6.07) is 13.2. The number of anilines is 2. The van der Waals surface area contributed by atoms with Gasteiger partial charge >= 0.3 is 0 Å². The van der Waals surface area contributed by atoms with Gasteiger partial charge in [0.1, 0.15) is 0 Å². The molecule has 5 nitrogen and oxygen atoms in total. The number of hydrogen-bond donors (Lipinski definition) is 1. The molecule has 22 heavy (non-hydrogen) atoms. The van der Waals surface area contributed by atoms with Crippen molar-refractivity contribution in [2.75, 3.05) is 19.5 Å². The lowest BCUT2D eigenvalue weighted by Crippen LogP contribution is -1.98. The van der Waals surface area contributed by atoms with Gasteiger partial charge in [0.2, 0.25) is 0 Å². The molecule has 0 amide bonds. The molecule has 3 aromatic rings. The molecule has 6 heteroatoms. The van der Waals surface area contributed by atoms with Crippen LogP contribution >= 0.6 is 11.6 Å². The third kappa shape index (κ3) is 2.63. The SMILES string of the molecule is COc1ccc(Nc2nnc(Cl)c3ccccc23)cc1OC. The van der Waals surface area contributed by atoms with E-state index in [1.807, 2.05) is 42.5 Å². The number of halogens is 1. The number of rotatable bonds is 4. The van der Waals surface area contributed by atoms with Crippen LogP contribution in [-0.4, -0.2) is 24.4 Å². The first-order chi connectivity index (χ1) is 10.7. The van der Waals surface area contributed by atoms with Crippen molar-refractivity contribution in [2.24, 2.45) is 0 Å². The molecular weight excluding hydrogens is 302 g/mol. The van der Waals surface area contributed by atoms with Crippen LogP contribution in [0.15, 0.2) is 42.5 Å². The lowest BCUT2D eigenvalue weighted by atomic mass is 10.2. The average molecular weight is 316 g/mol.